The van der Waals surface area contributed by atoms with Crippen molar-refractivity contribution in [1.82, 2.24) is 5.32 Å². The molecule has 1 atom stereocenters. The maximum absolute atomic E-state index is 3.41. The van der Waals surface area contributed by atoms with E-state index in [4.69, 9.17) is 0 Å². The Hall–Kier alpha value is -0.0400. The molecule has 1 rings (SSSR count). The minimum atomic E-state index is 0. The molecule has 1 fully saturated rings. The molecule has 1 N–H and O–H groups in total. The Kier molecular flexibility index (Phi) is 1.69. The van der Waals surface area contributed by atoms with E-state index in [0.717, 1.165) is 6.04 Å². The Bertz CT molecular complexity index is 50.5. The lowest BCUT2D eigenvalue weighted by atomic mass is 10.2. The summed E-state index contributed by atoms with van der Waals surface area (Å²) in [6.07, 6.45) is 4.09. The molecule has 0 unspecified atom stereocenters. The number of hydrogen-bond acceptors (Lipinski definition) is 1. The highest BCUT2D eigenvalue weighted by molar-refractivity contribution is 4.71. The molecule has 1 saturated heterocycles. The van der Waals surface area contributed by atoms with E-state index in [1.807, 2.05) is 0 Å². The van der Waals surface area contributed by atoms with Gasteiger partial charge in [-0.1, -0.05) is 6.92 Å². The minimum Gasteiger partial charge on any atom is -0.314 e. The third kappa shape index (κ3) is 1.16. The normalized spacial score (nSPS) is 31.3. The van der Waals surface area contributed by atoms with Crippen molar-refractivity contribution in [2.75, 3.05) is 6.54 Å². The van der Waals surface area contributed by atoms with Crippen molar-refractivity contribution >= 4 is 0 Å². The lowest BCUT2D eigenvalue weighted by Crippen LogP contribution is -2.19. The van der Waals surface area contributed by atoms with Crippen LogP contribution in [0.5, 0.6) is 0 Å². The summed E-state index contributed by atoms with van der Waals surface area (Å²) < 4.78 is 0. The fourth-order valence-corrected chi connectivity index (χ4v) is 1.11. The van der Waals surface area contributed by atoms with E-state index in [-0.39, 0.29) is 1.43 Å². The molecule has 0 radical (unpaired) electrons. The second-order valence-electron chi connectivity index (χ2n) is 2.20. The van der Waals surface area contributed by atoms with Gasteiger partial charge in [-0.05, 0) is 25.8 Å². The highest BCUT2D eigenvalue weighted by Crippen LogP contribution is 2.06. The highest BCUT2D eigenvalue weighted by atomic mass is 14.9. The van der Waals surface area contributed by atoms with E-state index in [1.165, 1.54) is 25.8 Å². The summed E-state index contributed by atoms with van der Waals surface area (Å²) in [7, 11) is 0. The third-order valence-corrected chi connectivity index (χ3v) is 1.66. The Morgan fingerprint density at radius 2 is 2.71 bits per heavy atom. The maximum Gasteiger partial charge on any atom is 0.00649 e. The van der Waals surface area contributed by atoms with Crippen LogP contribution in [0.3, 0.4) is 0 Å². The molecule has 1 nitrogen and oxygen atoms in total. The first-order chi connectivity index (χ1) is 3.43. The van der Waals surface area contributed by atoms with E-state index in [1.54, 1.807) is 0 Å². The van der Waals surface area contributed by atoms with Crippen molar-refractivity contribution < 1.29 is 1.43 Å². The van der Waals surface area contributed by atoms with Crippen molar-refractivity contribution in [2.45, 2.75) is 32.2 Å². The van der Waals surface area contributed by atoms with E-state index in [0.29, 0.717) is 0 Å². The van der Waals surface area contributed by atoms with Crippen molar-refractivity contribution in [3.8, 4) is 0 Å². The number of rotatable bonds is 1. The summed E-state index contributed by atoms with van der Waals surface area (Å²) in [4.78, 5) is 0. The molecule has 0 bridgehead atoms. The van der Waals surface area contributed by atoms with Gasteiger partial charge in [-0.2, -0.15) is 0 Å². The first-order valence-corrected chi connectivity index (χ1v) is 3.17. The van der Waals surface area contributed by atoms with Crippen LogP contribution in [0.2, 0.25) is 0 Å². The van der Waals surface area contributed by atoms with Gasteiger partial charge in [0.2, 0.25) is 0 Å². The van der Waals surface area contributed by atoms with Crippen molar-refractivity contribution in [3.63, 3.8) is 0 Å². The van der Waals surface area contributed by atoms with Crippen LogP contribution in [0, 0.1) is 0 Å². The SMILES string of the molecule is CC[C@@H]1CCCN1.[HH]. The molecule has 0 aromatic rings. The van der Waals surface area contributed by atoms with E-state index < -0.39 is 0 Å². The Morgan fingerprint density at radius 1 is 1.86 bits per heavy atom. The summed E-state index contributed by atoms with van der Waals surface area (Å²) in [5.41, 5.74) is 0. The van der Waals surface area contributed by atoms with Crippen molar-refractivity contribution in [2.24, 2.45) is 0 Å². The van der Waals surface area contributed by atoms with E-state index >= 15 is 0 Å². The fraction of sp³-hybridized carbons (Fsp3) is 1.00. The van der Waals surface area contributed by atoms with Gasteiger partial charge in [-0.3, -0.25) is 0 Å². The second-order valence-corrected chi connectivity index (χ2v) is 2.20. The third-order valence-electron chi connectivity index (χ3n) is 1.66. The molecule has 0 aliphatic carbocycles. The number of hydrogen-bond donors (Lipinski definition) is 1. The van der Waals surface area contributed by atoms with Gasteiger partial charge in [0.1, 0.15) is 0 Å². The fourth-order valence-electron chi connectivity index (χ4n) is 1.11. The standard InChI is InChI=1S/C6H13N.H2/c1-2-6-4-3-5-7-6;/h6-7H,2-5H2,1H3;1H/t6-;/m1./s1. The zero-order valence-corrected chi connectivity index (χ0v) is 4.91. The molecule has 1 aliphatic heterocycles. The van der Waals surface area contributed by atoms with Gasteiger partial charge in [0, 0.05) is 7.47 Å². The molecule has 0 amide bonds. The van der Waals surface area contributed by atoms with Gasteiger partial charge in [-0.25, -0.2) is 0 Å². The highest BCUT2D eigenvalue weighted by Gasteiger charge is 2.09. The minimum absolute atomic E-state index is 0. The van der Waals surface area contributed by atoms with Crippen LogP contribution in [0.4, 0.5) is 0 Å². The molecule has 0 aromatic carbocycles. The van der Waals surface area contributed by atoms with Gasteiger partial charge in [0.15, 0.2) is 0 Å². The molecule has 0 aromatic heterocycles. The Labute approximate surface area is 46.6 Å². The molecule has 44 valence electrons. The molecule has 0 saturated carbocycles. The van der Waals surface area contributed by atoms with Crippen LogP contribution >= 0.6 is 0 Å². The first kappa shape index (κ1) is 5.10. The second kappa shape index (κ2) is 2.31. The van der Waals surface area contributed by atoms with Gasteiger partial charge < -0.3 is 5.32 Å². The van der Waals surface area contributed by atoms with Gasteiger partial charge in [0.05, 0.1) is 0 Å². The zero-order chi connectivity index (χ0) is 5.11. The number of nitrogens with one attached hydrogen (secondary N) is 1. The lowest BCUT2D eigenvalue weighted by molar-refractivity contribution is 0.587. The molecule has 7 heavy (non-hydrogen) atoms. The molecule has 1 aliphatic rings. The summed E-state index contributed by atoms with van der Waals surface area (Å²) in [5, 5.41) is 3.41. The molecular weight excluding hydrogens is 86.1 g/mol. The largest absolute Gasteiger partial charge is 0.314 e. The monoisotopic (exact) mass is 101 g/mol. The smallest absolute Gasteiger partial charge is 0.00649 e. The molecular formula is C6H15N. The van der Waals surface area contributed by atoms with Gasteiger partial charge >= 0.3 is 0 Å². The van der Waals surface area contributed by atoms with Crippen LogP contribution in [0.15, 0.2) is 0 Å². The molecule has 0 spiro atoms. The van der Waals surface area contributed by atoms with Gasteiger partial charge in [0.25, 0.3) is 0 Å². The molecule has 1 heterocycles. The molecule has 1 heteroatoms. The predicted molar refractivity (Wildman–Crippen MR) is 33.4 cm³/mol. The Balaban J connectivity index is 0.000000490. The van der Waals surface area contributed by atoms with Crippen LogP contribution in [0.1, 0.15) is 27.6 Å². The summed E-state index contributed by atoms with van der Waals surface area (Å²) in [5.74, 6) is 0. The lowest BCUT2D eigenvalue weighted by Gasteiger charge is -2.02. The maximum atomic E-state index is 3.41. The summed E-state index contributed by atoms with van der Waals surface area (Å²) >= 11 is 0. The Morgan fingerprint density at radius 3 is 3.00 bits per heavy atom. The first-order valence-electron chi connectivity index (χ1n) is 3.17. The van der Waals surface area contributed by atoms with Crippen LogP contribution in [-0.4, -0.2) is 12.6 Å². The van der Waals surface area contributed by atoms with Crippen LogP contribution in [-0.2, 0) is 0 Å². The van der Waals surface area contributed by atoms with Crippen molar-refractivity contribution in [3.05, 3.63) is 0 Å². The van der Waals surface area contributed by atoms with Gasteiger partial charge in [-0.15, -0.1) is 0 Å². The van der Waals surface area contributed by atoms with Crippen molar-refractivity contribution in [1.29, 1.82) is 0 Å². The van der Waals surface area contributed by atoms with Crippen LogP contribution in [0.25, 0.3) is 0 Å². The topological polar surface area (TPSA) is 12.0 Å². The summed E-state index contributed by atoms with van der Waals surface area (Å²) in [6.45, 7) is 3.49. The summed E-state index contributed by atoms with van der Waals surface area (Å²) in [6, 6.07) is 0.847. The quantitative estimate of drug-likeness (QED) is 0.526. The van der Waals surface area contributed by atoms with Crippen LogP contribution < -0.4 is 5.32 Å². The van der Waals surface area contributed by atoms with E-state index in [9.17, 15) is 0 Å². The van der Waals surface area contributed by atoms with E-state index in [2.05, 4.69) is 12.2 Å². The average Bonchev–Trinajstić information content (AvgIpc) is 2.14. The average molecular weight is 101 g/mol. The predicted octanol–water partition coefficient (Wildman–Crippen LogP) is 1.39. The zero-order valence-electron chi connectivity index (χ0n) is 4.91.